The van der Waals surface area contributed by atoms with E-state index in [1.807, 2.05) is 0 Å². The molecule has 4 rings (SSSR count). The summed E-state index contributed by atoms with van der Waals surface area (Å²) < 4.78 is 20.3. The summed E-state index contributed by atoms with van der Waals surface area (Å²) in [6.45, 7) is 3.00. The molecule has 0 aliphatic heterocycles. The van der Waals surface area contributed by atoms with Gasteiger partial charge in [0.1, 0.15) is 11.4 Å². The first kappa shape index (κ1) is 16.8. The van der Waals surface area contributed by atoms with E-state index in [1.165, 1.54) is 23.9 Å². The molecule has 1 aliphatic rings. The third kappa shape index (κ3) is 2.80. The second-order valence-electron chi connectivity index (χ2n) is 5.98. The van der Waals surface area contributed by atoms with Gasteiger partial charge in [-0.25, -0.2) is 9.67 Å². The van der Waals surface area contributed by atoms with E-state index in [9.17, 15) is 14.0 Å². The van der Waals surface area contributed by atoms with Crippen molar-refractivity contribution in [3.8, 4) is 16.9 Å². The molecule has 0 spiro atoms. The molecule has 134 valence electrons. The lowest BCUT2D eigenvalue weighted by atomic mass is 10.0. The molecule has 0 amide bonds. The Balaban J connectivity index is 1.75. The number of nitrogens with zero attached hydrogens (tertiary/aromatic N) is 4. The van der Waals surface area contributed by atoms with Crippen LogP contribution in [0.2, 0.25) is 0 Å². The van der Waals surface area contributed by atoms with E-state index in [0.717, 1.165) is 0 Å². The molecular formula is C19H13FN4O3. The van der Waals surface area contributed by atoms with E-state index in [-0.39, 0.29) is 17.2 Å². The number of carbonyl (C=O) groups is 2. The van der Waals surface area contributed by atoms with E-state index in [0.29, 0.717) is 28.1 Å². The zero-order valence-corrected chi connectivity index (χ0v) is 14.4. The molecule has 1 aromatic carbocycles. The Morgan fingerprint density at radius 1 is 1.26 bits per heavy atom. The Hall–Kier alpha value is -3.68. The Morgan fingerprint density at radius 3 is 2.81 bits per heavy atom. The van der Waals surface area contributed by atoms with E-state index >= 15 is 0 Å². The van der Waals surface area contributed by atoms with Crippen molar-refractivity contribution in [2.45, 2.75) is 13.8 Å². The summed E-state index contributed by atoms with van der Waals surface area (Å²) in [6, 6.07) is 8.29. The van der Waals surface area contributed by atoms with Crippen LogP contribution in [0.1, 0.15) is 28.5 Å². The van der Waals surface area contributed by atoms with Crippen LogP contribution in [0.25, 0.3) is 23.0 Å². The lowest BCUT2D eigenvalue weighted by Gasteiger charge is -2.05. The SMILES string of the molecule is CC(=O)OC1=Cc2cc(-c3nnn(-c4cccnc4F)c3C)ccc2C1=O. The number of pyridine rings is 1. The molecule has 8 heteroatoms. The van der Waals surface area contributed by atoms with Gasteiger partial charge in [-0.15, -0.1) is 5.10 Å². The summed E-state index contributed by atoms with van der Waals surface area (Å²) in [5.74, 6) is -1.55. The number of aromatic nitrogens is 4. The number of benzene rings is 1. The van der Waals surface area contributed by atoms with Gasteiger partial charge in [-0.3, -0.25) is 9.59 Å². The number of halogens is 1. The lowest BCUT2D eigenvalue weighted by Crippen LogP contribution is -2.06. The van der Waals surface area contributed by atoms with E-state index in [4.69, 9.17) is 4.74 Å². The van der Waals surface area contributed by atoms with Crippen LogP contribution in [-0.4, -0.2) is 31.7 Å². The number of carbonyl (C=O) groups excluding carboxylic acids is 2. The molecule has 0 saturated heterocycles. The first-order chi connectivity index (χ1) is 13.0. The topological polar surface area (TPSA) is 87.0 Å². The standard InChI is InChI=1S/C19H13FN4O3/c1-10-17(22-23-24(10)15-4-3-7-21-19(15)20)12-5-6-14-13(8-12)9-16(18(14)26)27-11(2)25/h3-9H,1-2H3. The Bertz CT molecular complexity index is 1130. The number of Topliss-reactive ketones (excluding diaryl/α,β-unsaturated/α-hetero) is 1. The number of esters is 1. The molecule has 27 heavy (non-hydrogen) atoms. The molecule has 0 unspecified atom stereocenters. The van der Waals surface area contributed by atoms with Crippen molar-refractivity contribution < 1.29 is 18.7 Å². The zero-order chi connectivity index (χ0) is 19.1. The number of rotatable bonds is 3. The van der Waals surface area contributed by atoms with Gasteiger partial charge in [0.2, 0.25) is 11.7 Å². The molecule has 0 atom stereocenters. The maximum absolute atomic E-state index is 14.0. The average molecular weight is 364 g/mol. The van der Waals surface area contributed by atoms with Crippen LogP contribution >= 0.6 is 0 Å². The molecule has 3 aromatic rings. The fraction of sp³-hybridized carbons (Fsp3) is 0.105. The van der Waals surface area contributed by atoms with Crippen molar-refractivity contribution in [3.63, 3.8) is 0 Å². The second kappa shape index (κ2) is 6.24. The fourth-order valence-electron chi connectivity index (χ4n) is 2.97. The number of allylic oxidation sites excluding steroid dienone is 1. The van der Waals surface area contributed by atoms with Gasteiger partial charge in [-0.2, -0.15) is 4.39 Å². The van der Waals surface area contributed by atoms with Gasteiger partial charge >= 0.3 is 5.97 Å². The van der Waals surface area contributed by atoms with Crippen LogP contribution in [0.4, 0.5) is 4.39 Å². The van der Waals surface area contributed by atoms with E-state index < -0.39 is 11.9 Å². The molecule has 0 radical (unpaired) electrons. The highest BCUT2D eigenvalue weighted by molar-refractivity contribution is 6.17. The van der Waals surface area contributed by atoms with Gasteiger partial charge in [-0.05, 0) is 42.8 Å². The molecule has 1 aliphatic carbocycles. The van der Waals surface area contributed by atoms with E-state index in [1.54, 1.807) is 37.3 Å². The van der Waals surface area contributed by atoms with Crippen LogP contribution in [0, 0.1) is 12.9 Å². The third-order valence-corrected chi connectivity index (χ3v) is 4.20. The van der Waals surface area contributed by atoms with Crippen LogP contribution in [0.3, 0.4) is 0 Å². The number of ether oxygens (including phenoxy) is 1. The summed E-state index contributed by atoms with van der Waals surface area (Å²) in [4.78, 5) is 27.0. The molecule has 2 heterocycles. The predicted octanol–water partition coefficient (Wildman–Crippen LogP) is 2.88. The monoisotopic (exact) mass is 364 g/mol. The molecule has 0 bridgehead atoms. The Morgan fingerprint density at radius 2 is 2.07 bits per heavy atom. The van der Waals surface area contributed by atoms with Crippen LogP contribution < -0.4 is 0 Å². The molecule has 0 fully saturated rings. The number of hydrogen-bond donors (Lipinski definition) is 0. The smallest absolute Gasteiger partial charge is 0.308 e. The summed E-state index contributed by atoms with van der Waals surface area (Å²) in [7, 11) is 0. The van der Waals surface area contributed by atoms with Gasteiger partial charge < -0.3 is 4.74 Å². The lowest BCUT2D eigenvalue weighted by molar-refractivity contribution is -0.136. The highest BCUT2D eigenvalue weighted by atomic mass is 19.1. The predicted molar refractivity (Wildman–Crippen MR) is 93.4 cm³/mol. The summed E-state index contributed by atoms with van der Waals surface area (Å²) in [6.07, 6.45) is 2.87. The highest BCUT2D eigenvalue weighted by Crippen LogP contribution is 2.31. The quantitative estimate of drug-likeness (QED) is 0.525. The first-order valence-electron chi connectivity index (χ1n) is 8.08. The van der Waals surface area contributed by atoms with Crippen molar-refractivity contribution in [2.24, 2.45) is 0 Å². The molecule has 0 saturated carbocycles. The minimum Gasteiger partial charge on any atom is -0.422 e. The van der Waals surface area contributed by atoms with Gasteiger partial charge in [0.05, 0.1) is 5.69 Å². The molecule has 7 nitrogen and oxygen atoms in total. The average Bonchev–Trinajstić information content (AvgIpc) is 3.15. The van der Waals surface area contributed by atoms with Crippen molar-refractivity contribution in [1.29, 1.82) is 0 Å². The van der Waals surface area contributed by atoms with Gasteiger partial charge in [0.15, 0.2) is 5.76 Å². The van der Waals surface area contributed by atoms with Crippen LogP contribution in [0.15, 0.2) is 42.3 Å². The highest BCUT2D eigenvalue weighted by Gasteiger charge is 2.26. The van der Waals surface area contributed by atoms with Crippen LogP contribution in [0.5, 0.6) is 0 Å². The van der Waals surface area contributed by atoms with Gasteiger partial charge in [-0.1, -0.05) is 11.3 Å². The largest absolute Gasteiger partial charge is 0.422 e. The van der Waals surface area contributed by atoms with Gasteiger partial charge in [0.25, 0.3) is 0 Å². The normalized spacial score (nSPS) is 12.7. The number of fused-ring (bicyclic) bond motifs is 1. The zero-order valence-electron chi connectivity index (χ0n) is 14.4. The Kier molecular flexibility index (Phi) is 3.88. The van der Waals surface area contributed by atoms with Gasteiger partial charge in [0, 0.05) is 24.2 Å². The summed E-state index contributed by atoms with van der Waals surface area (Å²) >= 11 is 0. The maximum Gasteiger partial charge on any atom is 0.308 e. The van der Waals surface area contributed by atoms with Crippen molar-refractivity contribution in [3.05, 3.63) is 65.1 Å². The summed E-state index contributed by atoms with van der Waals surface area (Å²) in [5, 5.41) is 8.16. The first-order valence-corrected chi connectivity index (χ1v) is 8.08. The second-order valence-corrected chi connectivity index (χ2v) is 5.98. The minimum atomic E-state index is -0.648. The van der Waals surface area contributed by atoms with Crippen LogP contribution in [-0.2, 0) is 9.53 Å². The molecule has 2 aromatic heterocycles. The van der Waals surface area contributed by atoms with Crippen molar-refractivity contribution in [1.82, 2.24) is 20.0 Å². The fourth-order valence-corrected chi connectivity index (χ4v) is 2.97. The van der Waals surface area contributed by atoms with E-state index in [2.05, 4.69) is 15.3 Å². The minimum absolute atomic E-state index is 0.00698. The Labute approximate surface area is 153 Å². The third-order valence-electron chi connectivity index (χ3n) is 4.20. The molecular weight excluding hydrogens is 351 g/mol. The number of hydrogen-bond acceptors (Lipinski definition) is 6. The van der Waals surface area contributed by atoms with Crippen molar-refractivity contribution >= 4 is 17.8 Å². The van der Waals surface area contributed by atoms with Crippen molar-refractivity contribution in [2.75, 3.05) is 0 Å². The maximum atomic E-state index is 14.0. The molecule has 0 N–H and O–H groups in total. The number of ketones is 1. The summed E-state index contributed by atoms with van der Waals surface area (Å²) in [5.41, 5.74) is 3.13.